The molecule has 2 rings (SSSR count). The van der Waals surface area contributed by atoms with Crippen LogP contribution in [0.25, 0.3) is 0 Å². The summed E-state index contributed by atoms with van der Waals surface area (Å²) in [6, 6.07) is 10.9. The zero-order valence-electron chi connectivity index (χ0n) is 12.5. The molecule has 3 N–H and O–H groups in total. The third-order valence-electron chi connectivity index (χ3n) is 3.78. The minimum absolute atomic E-state index is 0.0918. The molecule has 0 saturated carbocycles. The van der Waals surface area contributed by atoms with E-state index in [0.29, 0.717) is 0 Å². The normalized spacial score (nSPS) is 12.5. The third-order valence-corrected chi connectivity index (χ3v) is 5.18. The van der Waals surface area contributed by atoms with Crippen molar-refractivity contribution < 1.29 is 0 Å². The Hall–Kier alpha value is -0.430. The van der Waals surface area contributed by atoms with Crippen LogP contribution in [0.2, 0.25) is 0 Å². The highest BCUT2D eigenvalue weighted by molar-refractivity contribution is 14.1. The summed E-state index contributed by atoms with van der Waals surface area (Å²) < 4.78 is 2.30. The third kappa shape index (κ3) is 4.06. The SMILES string of the molecule is Cc1cc(C)c(CC(NN)c2cc(I)ccc2Br)c(C)c1. The van der Waals surface area contributed by atoms with Gasteiger partial charge in [0.15, 0.2) is 0 Å². The summed E-state index contributed by atoms with van der Waals surface area (Å²) in [6.45, 7) is 6.48. The van der Waals surface area contributed by atoms with Gasteiger partial charge in [-0.3, -0.25) is 11.3 Å². The van der Waals surface area contributed by atoms with Crippen molar-refractivity contribution in [3.63, 3.8) is 0 Å². The van der Waals surface area contributed by atoms with Crippen LogP contribution >= 0.6 is 38.5 Å². The molecule has 1 atom stereocenters. The molecule has 0 amide bonds. The molecule has 2 aromatic carbocycles. The Labute approximate surface area is 148 Å². The van der Waals surface area contributed by atoms with Gasteiger partial charge in [-0.1, -0.05) is 33.6 Å². The van der Waals surface area contributed by atoms with Crippen LogP contribution in [-0.2, 0) is 6.42 Å². The van der Waals surface area contributed by atoms with Gasteiger partial charge >= 0.3 is 0 Å². The molecule has 4 heteroatoms. The number of benzene rings is 2. The highest BCUT2D eigenvalue weighted by atomic mass is 127. The number of hydrazine groups is 1. The smallest absolute Gasteiger partial charge is 0.0512 e. The first-order valence-electron chi connectivity index (χ1n) is 6.90. The fraction of sp³-hybridized carbons (Fsp3) is 0.294. The van der Waals surface area contributed by atoms with Gasteiger partial charge in [0.25, 0.3) is 0 Å². The lowest BCUT2D eigenvalue weighted by Crippen LogP contribution is -2.30. The highest BCUT2D eigenvalue weighted by Gasteiger charge is 2.16. The lowest BCUT2D eigenvalue weighted by molar-refractivity contribution is 0.547. The van der Waals surface area contributed by atoms with Crippen LogP contribution in [0.5, 0.6) is 0 Å². The minimum atomic E-state index is 0.0918. The van der Waals surface area contributed by atoms with E-state index in [0.717, 1.165) is 10.9 Å². The number of nitrogens with one attached hydrogen (secondary N) is 1. The van der Waals surface area contributed by atoms with Crippen LogP contribution in [0.4, 0.5) is 0 Å². The molecular formula is C17H20BrIN2. The molecule has 0 aliphatic carbocycles. The predicted molar refractivity (Wildman–Crippen MR) is 101 cm³/mol. The summed E-state index contributed by atoms with van der Waals surface area (Å²) >= 11 is 5.97. The van der Waals surface area contributed by atoms with Gasteiger partial charge in [-0.2, -0.15) is 0 Å². The second-order valence-electron chi connectivity index (χ2n) is 5.47. The Morgan fingerprint density at radius 2 is 1.76 bits per heavy atom. The van der Waals surface area contributed by atoms with Crippen molar-refractivity contribution in [2.45, 2.75) is 33.2 Å². The number of rotatable bonds is 4. The maximum atomic E-state index is 5.83. The maximum Gasteiger partial charge on any atom is 0.0512 e. The van der Waals surface area contributed by atoms with E-state index in [-0.39, 0.29) is 6.04 Å². The van der Waals surface area contributed by atoms with Gasteiger partial charge in [-0.25, -0.2) is 0 Å². The Morgan fingerprint density at radius 3 is 2.33 bits per heavy atom. The number of halogens is 2. The van der Waals surface area contributed by atoms with Crippen molar-refractivity contribution in [3.05, 3.63) is 66.2 Å². The number of hydrogen-bond acceptors (Lipinski definition) is 2. The van der Waals surface area contributed by atoms with Crippen LogP contribution in [0.15, 0.2) is 34.8 Å². The van der Waals surface area contributed by atoms with Crippen LogP contribution in [-0.4, -0.2) is 0 Å². The molecular weight excluding hydrogens is 439 g/mol. The van der Waals surface area contributed by atoms with E-state index in [2.05, 4.69) is 95.0 Å². The average molecular weight is 459 g/mol. The van der Waals surface area contributed by atoms with Crippen molar-refractivity contribution in [2.24, 2.45) is 5.84 Å². The highest BCUT2D eigenvalue weighted by Crippen LogP contribution is 2.29. The Morgan fingerprint density at radius 1 is 1.14 bits per heavy atom. The molecule has 0 bridgehead atoms. The summed E-state index contributed by atoms with van der Waals surface area (Å²) in [7, 11) is 0. The van der Waals surface area contributed by atoms with Crippen LogP contribution < -0.4 is 11.3 Å². The Bertz CT molecular complexity index is 632. The van der Waals surface area contributed by atoms with Crippen molar-refractivity contribution in [1.29, 1.82) is 0 Å². The molecule has 0 spiro atoms. The average Bonchev–Trinajstić information content (AvgIpc) is 2.41. The first-order valence-corrected chi connectivity index (χ1v) is 8.77. The number of aryl methyl sites for hydroxylation is 3. The summed E-state index contributed by atoms with van der Waals surface area (Å²) in [4.78, 5) is 0. The molecule has 0 aliphatic rings. The monoisotopic (exact) mass is 458 g/mol. The van der Waals surface area contributed by atoms with Gasteiger partial charge in [0, 0.05) is 8.04 Å². The Kier molecular flexibility index (Phi) is 5.82. The molecule has 0 aliphatic heterocycles. The number of nitrogens with two attached hydrogens (primary N) is 1. The molecule has 112 valence electrons. The molecule has 0 aromatic heterocycles. The van der Waals surface area contributed by atoms with E-state index >= 15 is 0 Å². The molecule has 0 heterocycles. The molecule has 2 aromatic rings. The summed E-state index contributed by atoms with van der Waals surface area (Å²) in [5.74, 6) is 5.83. The molecule has 2 nitrogen and oxygen atoms in total. The van der Waals surface area contributed by atoms with E-state index < -0.39 is 0 Å². The van der Waals surface area contributed by atoms with Crippen molar-refractivity contribution in [1.82, 2.24) is 5.43 Å². The summed E-state index contributed by atoms with van der Waals surface area (Å²) in [5, 5.41) is 0. The van der Waals surface area contributed by atoms with E-state index in [9.17, 15) is 0 Å². The predicted octanol–water partition coefficient (Wildman–Crippen LogP) is 4.73. The summed E-state index contributed by atoms with van der Waals surface area (Å²) in [5.41, 5.74) is 9.50. The first kappa shape index (κ1) is 16.9. The molecule has 21 heavy (non-hydrogen) atoms. The van der Waals surface area contributed by atoms with E-state index in [1.165, 1.54) is 31.4 Å². The maximum absolute atomic E-state index is 5.83. The molecule has 0 fully saturated rings. The van der Waals surface area contributed by atoms with Gasteiger partial charge in [0.2, 0.25) is 0 Å². The zero-order valence-corrected chi connectivity index (χ0v) is 16.2. The summed E-state index contributed by atoms with van der Waals surface area (Å²) in [6.07, 6.45) is 0.882. The van der Waals surface area contributed by atoms with Gasteiger partial charge in [0.1, 0.15) is 0 Å². The van der Waals surface area contributed by atoms with Crippen LogP contribution in [0.1, 0.15) is 33.9 Å². The second-order valence-corrected chi connectivity index (χ2v) is 7.57. The van der Waals surface area contributed by atoms with Crippen LogP contribution in [0.3, 0.4) is 0 Å². The van der Waals surface area contributed by atoms with Crippen molar-refractivity contribution >= 4 is 38.5 Å². The topological polar surface area (TPSA) is 38.0 Å². The van der Waals surface area contributed by atoms with Gasteiger partial charge in [-0.05, 0) is 90.2 Å². The molecule has 0 radical (unpaired) electrons. The van der Waals surface area contributed by atoms with E-state index in [4.69, 9.17) is 5.84 Å². The Balaban J connectivity index is 2.38. The van der Waals surface area contributed by atoms with Gasteiger partial charge in [0.05, 0.1) is 6.04 Å². The standard InChI is InChI=1S/C17H20BrIN2/c1-10-6-11(2)14(12(3)7-10)9-17(21-20)15-8-13(19)4-5-16(15)18/h4-8,17,21H,9,20H2,1-3H3. The minimum Gasteiger partial charge on any atom is -0.271 e. The fourth-order valence-corrected chi connectivity index (χ4v) is 3.81. The quantitative estimate of drug-likeness (QED) is 0.395. The van der Waals surface area contributed by atoms with E-state index in [1.54, 1.807) is 0 Å². The fourth-order valence-electron chi connectivity index (χ4n) is 2.78. The second kappa shape index (κ2) is 7.22. The zero-order chi connectivity index (χ0) is 15.6. The van der Waals surface area contributed by atoms with Gasteiger partial charge in [-0.15, -0.1) is 0 Å². The largest absolute Gasteiger partial charge is 0.271 e. The molecule has 1 unspecified atom stereocenters. The lowest BCUT2D eigenvalue weighted by Gasteiger charge is -2.21. The number of hydrogen-bond donors (Lipinski definition) is 2. The van der Waals surface area contributed by atoms with Crippen molar-refractivity contribution in [3.8, 4) is 0 Å². The first-order chi connectivity index (χ1) is 9.92. The molecule has 0 saturated heterocycles. The van der Waals surface area contributed by atoms with Crippen molar-refractivity contribution in [2.75, 3.05) is 0 Å². The van der Waals surface area contributed by atoms with E-state index in [1.807, 2.05) is 0 Å². The lowest BCUT2D eigenvalue weighted by atomic mass is 9.92. The van der Waals surface area contributed by atoms with Crippen LogP contribution in [0, 0.1) is 24.3 Å². The van der Waals surface area contributed by atoms with Gasteiger partial charge < -0.3 is 0 Å².